The number of aromatic nitrogens is 1. The third kappa shape index (κ3) is 3.09. The van der Waals surface area contributed by atoms with Gasteiger partial charge in [0.15, 0.2) is 0 Å². The van der Waals surface area contributed by atoms with Crippen LogP contribution in [0.5, 0.6) is 0 Å². The minimum absolute atomic E-state index is 0.114. The molecule has 1 atom stereocenters. The lowest BCUT2D eigenvalue weighted by molar-refractivity contribution is -0.138. The molecule has 2 aromatic heterocycles. The summed E-state index contributed by atoms with van der Waals surface area (Å²) < 4.78 is 1.74. The van der Waals surface area contributed by atoms with E-state index in [1.54, 1.807) is 18.3 Å². The Kier molecular flexibility index (Phi) is 4.13. The van der Waals surface area contributed by atoms with Crippen molar-refractivity contribution in [1.82, 2.24) is 10.3 Å². The van der Waals surface area contributed by atoms with Gasteiger partial charge in [0.05, 0.1) is 15.1 Å². The zero-order chi connectivity index (χ0) is 14.0. The van der Waals surface area contributed by atoms with E-state index in [1.807, 2.05) is 0 Å². The van der Waals surface area contributed by atoms with Gasteiger partial charge in [-0.1, -0.05) is 0 Å². The second-order valence-electron chi connectivity index (χ2n) is 3.77. The molecule has 2 aromatic rings. The number of pyridine rings is 1. The summed E-state index contributed by atoms with van der Waals surface area (Å²) in [5.41, 5.74) is 6.03. The standard InChI is InChI=1S/C11H10BrN3O3S/c12-5-1-2-14-7-3-8(19-9(5)7)10(16)15-4-6(13)11(17)18/h1-3,6H,4,13H2,(H,15,16)(H,17,18)/t6-/m1/s1. The molecule has 0 aliphatic heterocycles. The molecule has 0 bridgehead atoms. The molecule has 0 aliphatic carbocycles. The molecule has 4 N–H and O–H groups in total. The number of carbonyl (C=O) groups excluding carboxylic acids is 1. The first-order chi connectivity index (χ1) is 8.99. The predicted octanol–water partition coefficient (Wildman–Crippen LogP) is 1.20. The molecule has 100 valence electrons. The van der Waals surface area contributed by atoms with Gasteiger partial charge in [0, 0.05) is 17.2 Å². The molecule has 2 heterocycles. The summed E-state index contributed by atoms with van der Waals surface area (Å²) >= 11 is 4.66. The molecular formula is C11H10BrN3O3S. The molecule has 0 aromatic carbocycles. The summed E-state index contributed by atoms with van der Waals surface area (Å²) in [6.07, 6.45) is 1.64. The van der Waals surface area contributed by atoms with Crippen molar-refractivity contribution in [2.45, 2.75) is 6.04 Å². The monoisotopic (exact) mass is 343 g/mol. The molecule has 0 saturated carbocycles. The number of amides is 1. The van der Waals surface area contributed by atoms with E-state index < -0.39 is 12.0 Å². The molecule has 6 nitrogen and oxygen atoms in total. The number of nitrogens with zero attached hydrogens (tertiary/aromatic N) is 1. The maximum Gasteiger partial charge on any atom is 0.322 e. The lowest BCUT2D eigenvalue weighted by Crippen LogP contribution is -2.42. The molecule has 0 radical (unpaired) electrons. The lowest BCUT2D eigenvalue weighted by Gasteiger charge is -2.06. The van der Waals surface area contributed by atoms with Gasteiger partial charge in [-0.15, -0.1) is 11.3 Å². The zero-order valence-electron chi connectivity index (χ0n) is 9.59. The van der Waals surface area contributed by atoms with Gasteiger partial charge in [-0.2, -0.15) is 0 Å². The summed E-state index contributed by atoms with van der Waals surface area (Å²) in [5, 5.41) is 11.1. The Morgan fingerprint density at radius 2 is 2.32 bits per heavy atom. The summed E-state index contributed by atoms with van der Waals surface area (Å²) in [5.74, 6) is -1.51. The second kappa shape index (κ2) is 5.64. The highest BCUT2D eigenvalue weighted by atomic mass is 79.9. The normalized spacial score (nSPS) is 12.3. The molecule has 0 aliphatic rings. The number of nitrogens with two attached hydrogens (primary N) is 1. The first kappa shape index (κ1) is 13.9. The van der Waals surface area contributed by atoms with Gasteiger partial charge in [-0.05, 0) is 28.1 Å². The molecule has 0 unspecified atom stereocenters. The fourth-order valence-electron chi connectivity index (χ4n) is 1.40. The van der Waals surface area contributed by atoms with Gasteiger partial charge in [0.1, 0.15) is 6.04 Å². The van der Waals surface area contributed by atoms with Crippen molar-refractivity contribution in [2.75, 3.05) is 6.54 Å². The highest BCUT2D eigenvalue weighted by Crippen LogP contribution is 2.30. The number of rotatable bonds is 4. The van der Waals surface area contributed by atoms with Gasteiger partial charge in [0.25, 0.3) is 5.91 Å². The van der Waals surface area contributed by atoms with Crippen LogP contribution in [0.25, 0.3) is 10.2 Å². The van der Waals surface area contributed by atoms with E-state index in [1.165, 1.54) is 11.3 Å². The number of hydrogen-bond donors (Lipinski definition) is 3. The van der Waals surface area contributed by atoms with Gasteiger partial charge >= 0.3 is 5.97 Å². The maximum absolute atomic E-state index is 11.9. The minimum atomic E-state index is -1.15. The molecule has 2 rings (SSSR count). The van der Waals surface area contributed by atoms with Gasteiger partial charge in [-0.3, -0.25) is 14.6 Å². The highest BCUT2D eigenvalue weighted by molar-refractivity contribution is 9.10. The Balaban J connectivity index is 2.14. The van der Waals surface area contributed by atoms with Crippen molar-refractivity contribution in [2.24, 2.45) is 5.73 Å². The Bertz CT molecular complexity index is 643. The van der Waals surface area contributed by atoms with Crippen LogP contribution in [0.15, 0.2) is 22.8 Å². The first-order valence-electron chi connectivity index (χ1n) is 5.29. The van der Waals surface area contributed by atoms with Crippen LogP contribution in [-0.4, -0.2) is 34.6 Å². The van der Waals surface area contributed by atoms with Crippen molar-refractivity contribution in [3.8, 4) is 0 Å². The fourth-order valence-corrected chi connectivity index (χ4v) is 2.90. The summed E-state index contributed by atoms with van der Waals surface area (Å²) in [7, 11) is 0. The number of aliphatic carboxylic acids is 1. The van der Waals surface area contributed by atoms with E-state index in [0.717, 1.165) is 9.17 Å². The van der Waals surface area contributed by atoms with Gasteiger partial charge < -0.3 is 16.2 Å². The molecule has 19 heavy (non-hydrogen) atoms. The summed E-state index contributed by atoms with van der Waals surface area (Å²) in [4.78, 5) is 27.0. The van der Waals surface area contributed by atoms with E-state index in [4.69, 9.17) is 10.8 Å². The van der Waals surface area contributed by atoms with Crippen molar-refractivity contribution < 1.29 is 14.7 Å². The van der Waals surface area contributed by atoms with Crippen LogP contribution < -0.4 is 11.1 Å². The van der Waals surface area contributed by atoms with Crippen LogP contribution in [0.2, 0.25) is 0 Å². The van der Waals surface area contributed by atoms with Crippen molar-refractivity contribution in [3.63, 3.8) is 0 Å². The van der Waals surface area contributed by atoms with Crippen molar-refractivity contribution in [1.29, 1.82) is 0 Å². The van der Waals surface area contributed by atoms with Gasteiger partial charge in [-0.25, -0.2) is 0 Å². The number of carboxylic acids is 1. The molecule has 0 fully saturated rings. The van der Waals surface area contributed by atoms with Crippen LogP contribution in [0.1, 0.15) is 9.67 Å². The minimum Gasteiger partial charge on any atom is -0.480 e. The van der Waals surface area contributed by atoms with Crippen LogP contribution >= 0.6 is 27.3 Å². The topological polar surface area (TPSA) is 105 Å². The maximum atomic E-state index is 11.9. The predicted molar refractivity (Wildman–Crippen MR) is 75.3 cm³/mol. The van der Waals surface area contributed by atoms with E-state index in [2.05, 4.69) is 26.2 Å². The third-order valence-corrected chi connectivity index (χ3v) is 4.47. The summed E-state index contributed by atoms with van der Waals surface area (Å²) in [6, 6.07) is 2.34. The fraction of sp³-hybridized carbons (Fsp3) is 0.182. The second-order valence-corrected chi connectivity index (χ2v) is 5.68. The van der Waals surface area contributed by atoms with Crippen LogP contribution in [0.3, 0.4) is 0 Å². The Morgan fingerprint density at radius 1 is 1.58 bits per heavy atom. The SMILES string of the molecule is N[C@H](CNC(=O)c1cc2nccc(Br)c2s1)C(=O)O. The average Bonchev–Trinajstić information content (AvgIpc) is 2.80. The molecular weight excluding hydrogens is 334 g/mol. The van der Waals surface area contributed by atoms with Crippen LogP contribution in [0.4, 0.5) is 0 Å². The van der Waals surface area contributed by atoms with Crippen molar-refractivity contribution in [3.05, 3.63) is 27.7 Å². The number of nitrogens with one attached hydrogen (secondary N) is 1. The Labute approximate surface area is 120 Å². The smallest absolute Gasteiger partial charge is 0.322 e. The van der Waals surface area contributed by atoms with E-state index in [0.29, 0.717) is 10.4 Å². The Morgan fingerprint density at radius 3 is 2.95 bits per heavy atom. The Hall–Kier alpha value is -1.51. The van der Waals surface area contributed by atoms with Crippen molar-refractivity contribution >= 4 is 49.4 Å². The van der Waals surface area contributed by atoms with Crippen LogP contribution in [-0.2, 0) is 4.79 Å². The van der Waals surface area contributed by atoms with E-state index >= 15 is 0 Å². The largest absolute Gasteiger partial charge is 0.480 e. The van der Waals surface area contributed by atoms with Gasteiger partial charge in [0.2, 0.25) is 0 Å². The van der Waals surface area contributed by atoms with E-state index in [9.17, 15) is 9.59 Å². The third-order valence-electron chi connectivity index (χ3n) is 2.39. The molecule has 0 saturated heterocycles. The lowest BCUT2D eigenvalue weighted by atomic mass is 10.3. The highest BCUT2D eigenvalue weighted by Gasteiger charge is 2.16. The number of hydrogen-bond acceptors (Lipinski definition) is 5. The molecule has 1 amide bonds. The number of fused-ring (bicyclic) bond motifs is 1. The number of carboxylic acid groups (broad SMARTS) is 1. The molecule has 0 spiro atoms. The zero-order valence-corrected chi connectivity index (χ0v) is 12.0. The summed E-state index contributed by atoms with van der Waals surface area (Å²) in [6.45, 7) is -0.114. The number of thiophene rings is 1. The number of carbonyl (C=O) groups is 2. The number of halogens is 1. The average molecular weight is 344 g/mol. The molecule has 8 heteroatoms. The quantitative estimate of drug-likeness (QED) is 0.773. The first-order valence-corrected chi connectivity index (χ1v) is 6.90. The van der Waals surface area contributed by atoms with Crippen LogP contribution in [0, 0.1) is 0 Å². The van der Waals surface area contributed by atoms with E-state index in [-0.39, 0.29) is 12.5 Å².